The Morgan fingerprint density at radius 2 is 1.13 bits per heavy atom. The number of hydrogen-bond donors (Lipinski definition) is 5. The van der Waals surface area contributed by atoms with Crippen molar-refractivity contribution < 1.29 is 0 Å². The Labute approximate surface area is 184 Å². The van der Waals surface area contributed by atoms with Gasteiger partial charge in [0.25, 0.3) is 0 Å². The van der Waals surface area contributed by atoms with Crippen molar-refractivity contribution in [3.8, 4) is 0 Å². The summed E-state index contributed by atoms with van der Waals surface area (Å²) in [5.41, 5.74) is 30.8. The predicted octanol–water partition coefficient (Wildman–Crippen LogP) is -1.83. The molecule has 4 heterocycles. The molecule has 3 fully saturated rings. The van der Waals surface area contributed by atoms with Crippen LogP contribution in [-0.4, -0.2) is 84.9 Å². The third-order valence-corrected chi connectivity index (χ3v) is 6.57. The molecule has 5 atom stereocenters. The Morgan fingerprint density at radius 3 is 1.58 bits per heavy atom. The van der Waals surface area contributed by atoms with Gasteiger partial charge in [-0.05, 0) is 44.6 Å². The van der Waals surface area contributed by atoms with Gasteiger partial charge in [-0.1, -0.05) is 0 Å². The number of rotatable bonds is 5. The number of piperidine rings is 3. The number of nitrogens with zero attached hydrogens (tertiary/aromatic N) is 6. The molecule has 4 rings (SSSR count). The molecule has 0 radical (unpaired) electrons. The Morgan fingerprint density at radius 1 is 0.677 bits per heavy atom. The van der Waals surface area contributed by atoms with Crippen molar-refractivity contribution in [1.29, 1.82) is 0 Å². The van der Waals surface area contributed by atoms with Crippen molar-refractivity contribution in [3.05, 3.63) is 0 Å². The average Bonchev–Trinajstić information content (AvgIpc) is 2.72. The van der Waals surface area contributed by atoms with Crippen LogP contribution in [0.1, 0.15) is 32.1 Å². The summed E-state index contributed by atoms with van der Waals surface area (Å²) in [6.45, 7) is 5.30. The summed E-state index contributed by atoms with van der Waals surface area (Å²) < 4.78 is 0. The lowest BCUT2D eigenvalue weighted by Crippen LogP contribution is -2.54. The monoisotopic (exact) mass is 433 g/mol. The van der Waals surface area contributed by atoms with Crippen LogP contribution in [0.15, 0.2) is 0 Å². The topological polar surface area (TPSA) is 178 Å². The van der Waals surface area contributed by atoms with Gasteiger partial charge in [-0.3, -0.25) is 0 Å². The first-order valence-corrected chi connectivity index (χ1v) is 11.6. The number of nitrogens with two attached hydrogens (primary N) is 5. The van der Waals surface area contributed by atoms with E-state index in [2.05, 4.69) is 14.7 Å². The van der Waals surface area contributed by atoms with Gasteiger partial charge >= 0.3 is 0 Å². The van der Waals surface area contributed by atoms with E-state index in [1.165, 1.54) is 6.42 Å². The molecule has 5 unspecified atom stereocenters. The maximum atomic E-state index is 6.24. The van der Waals surface area contributed by atoms with E-state index in [0.29, 0.717) is 56.5 Å². The van der Waals surface area contributed by atoms with Crippen LogP contribution < -0.4 is 43.4 Å². The summed E-state index contributed by atoms with van der Waals surface area (Å²) in [7, 11) is 0. The summed E-state index contributed by atoms with van der Waals surface area (Å²) in [4.78, 5) is 21.0. The predicted molar refractivity (Wildman–Crippen MR) is 124 cm³/mol. The first kappa shape index (κ1) is 22.4. The van der Waals surface area contributed by atoms with Crippen LogP contribution in [0.5, 0.6) is 0 Å². The fourth-order valence-corrected chi connectivity index (χ4v) is 5.17. The Balaban J connectivity index is 1.65. The van der Waals surface area contributed by atoms with Crippen LogP contribution in [0.3, 0.4) is 0 Å². The number of hydrogen-bond acceptors (Lipinski definition) is 11. The molecular formula is C20H39N11. The zero-order valence-corrected chi connectivity index (χ0v) is 18.4. The molecule has 0 aromatic carbocycles. The van der Waals surface area contributed by atoms with Gasteiger partial charge in [0.2, 0.25) is 17.8 Å². The molecule has 3 saturated heterocycles. The highest BCUT2D eigenvalue weighted by Gasteiger charge is 2.30. The van der Waals surface area contributed by atoms with Gasteiger partial charge < -0.3 is 43.4 Å². The molecule has 10 N–H and O–H groups in total. The van der Waals surface area contributed by atoms with Crippen LogP contribution >= 0.6 is 0 Å². The summed E-state index contributed by atoms with van der Waals surface area (Å²) in [5.74, 6) is 2.55. The SMILES string of the molecule is NCCC1CCCN(c2nc(N3CC(N)CC(N)C3)nc(N3CC(N)CC(N)C3)n2)C1. The third-order valence-electron chi connectivity index (χ3n) is 6.57. The van der Waals surface area contributed by atoms with Gasteiger partial charge in [-0.25, -0.2) is 0 Å². The normalized spacial score (nSPS) is 32.4. The van der Waals surface area contributed by atoms with Crippen LogP contribution in [0.25, 0.3) is 0 Å². The van der Waals surface area contributed by atoms with Crippen LogP contribution in [0, 0.1) is 5.92 Å². The zero-order chi connectivity index (χ0) is 22.0. The van der Waals surface area contributed by atoms with Gasteiger partial charge in [0, 0.05) is 63.4 Å². The minimum atomic E-state index is 0.00756. The fourth-order valence-electron chi connectivity index (χ4n) is 5.17. The number of anilines is 3. The van der Waals surface area contributed by atoms with Gasteiger partial charge in [0.05, 0.1) is 0 Å². The van der Waals surface area contributed by atoms with Crippen LogP contribution in [0.2, 0.25) is 0 Å². The Hall–Kier alpha value is -1.79. The lowest BCUT2D eigenvalue weighted by molar-refractivity contribution is 0.391. The van der Waals surface area contributed by atoms with Crippen molar-refractivity contribution in [3.63, 3.8) is 0 Å². The molecule has 11 heteroatoms. The van der Waals surface area contributed by atoms with E-state index in [1.54, 1.807) is 0 Å². The van der Waals surface area contributed by atoms with E-state index in [9.17, 15) is 0 Å². The molecule has 0 spiro atoms. The van der Waals surface area contributed by atoms with Crippen molar-refractivity contribution in [2.45, 2.75) is 56.3 Å². The quantitative estimate of drug-likeness (QED) is 0.352. The second-order valence-electron chi connectivity index (χ2n) is 9.59. The molecule has 174 valence electrons. The average molecular weight is 434 g/mol. The molecule has 3 aliphatic heterocycles. The maximum Gasteiger partial charge on any atom is 0.232 e. The highest BCUT2D eigenvalue weighted by atomic mass is 15.4. The zero-order valence-electron chi connectivity index (χ0n) is 18.4. The smallest absolute Gasteiger partial charge is 0.232 e. The minimum Gasteiger partial charge on any atom is -0.340 e. The van der Waals surface area contributed by atoms with Gasteiger partial charge in [-0.15, -0.1) is 0 Å². The molecule has 0 bridgehead atoms. The van der Waals surface area contributed by atoms with Gasteiger partial charge in [-0.2, -0.15) is 15.0 Å². The fraction of sp³-hybridized carbons (Fsp3) is 0.850. The lowest BCUT2D eigenvalue weighted by atomic mass is 9.95. The van der Waals surface area contributed by atoms with E-state index < -0.39 is 0 Å². The second kappa shape index (κ2) is 9.78. The first-order valence-electron chi connectivity index (χ1n) is 11.6. The van der Waals surface area contributed by atoms with E-state index in [1.807, 2.05) is 0 Å². The van der Waals surface area contributed by atoms with E-state index in [4.69, 9.17) is 43.6 Å². The lowest BCUT2D eigenvalue weighted by Gasteiger charge is -2.38. The molecule has 3 aliphatic rings. The van der Waals surface area contributed by atoms with Crippen molar-refractivity contribution >= 4 is 17.8 Å². The molecule has 1 aromatic heterocycles. The molecule has 1 aromatic rings. The highest BCUT2D eigenvalue weighted by Crippen LogP contribution is 2.27. The van der Waals surface area contributed by atoms with E-state index >= 15 is 0 Å². The van der Waals surface area contributed by atoms with Crippen LogP contribution in [-0.2, 0) is 0 Å². The molecule has 0 aliphatic carbocycles. The second-order valence-corrected chi connectivity index (χ2v) is 9.59. The van der Waals surface area contributed by atoms with Crippen molar-refractivity contribution in [2.24, 2.45) is 34.6 Å². The van der Waals surface area contributed by atoms with Crippen molar-refractivity contribution in [2.75, 3.05) is 60.5 Å². The summed E-state index contributed by atoms with van der Waals surface area (Å²) in [6, 6.07) is 0.0303. The van der Waals surface area contributed by atoms with Crippen molar-refractivity contribution in [1.82, 2.24) is 15.0 Å². The van der Waals surface area contributed by atoms with E-state index in [-0.39, 0.29) is 24.2 Å². The molecule has 31 heavy (non-hydrogen) atoms. The Kier molecular flexibility index (Phi) is 7.07. The largest absolute Gasteiger partial charge is 0.340 e. The van der Waals surface area contributed by atoms with Crippen LogP contribution in [0.4, 0.5) is 17.8 Å². The molecular weight excluding hydrogens is 394 g/mol. The summed E-state index contributed by atoms with van der Waals surface area (Å²) in [5, 5.41) is 0. The molecule has 11 nitrogen and oxygen atoms in total. The number of aromatic nitrogens is 3. The standard InChI is InChI=1S/C20H39N11/c21-4-3-13-2-1-5-29(8-13)18-26-19(30-9-14(22)6-15(23)10-30)28-20(27-18)31-11-16(24)7-17(25)12-31/h13-17H,1-12,21-25H2. The Bertz CT molecular complexity index is 665. The third kappa shape index (κ3) is 5.53. The maximum absolute atomic E-state index is 6.24. The van der Waals surface area contributed by atoms with Gasteiger partial charge in [0.1, 0.15) is 0 Å². The van der Waals surface area contributed by atoms with E-state index in [0.717, 1.165) is 38.8 Å². The highest BCUT2D eigenvalue weighted by molar-refractivity contribution is 5.48. The summed E-state index contributed by atoms with van der Waals surface area (Å²) in [6.07, 6.45) is 4.95. The summed E-state index contributed by atoms with van der Waals surface area (Å²) >= 11 is 0. The van der Waals surface area contributed by atoms with Gasteiger partial charge in [0.15, 0.2) is 0 Å². The first-order chi connectivity index (χ1) is 14.9. The molecule has 0 saturated carbocycles. The minimum absolute atomic E-state index is 0.00756. The molecule has 0 amide bonds.